The van der Waals surface area contributed by atoms with Crippen LogP contribution in [0.25, 0.3) is 11.1 Å². The number of rotatable bonds is 13. The van der Waals surface area contributed by atoms with Crippen LogP contribution < -0.4 is 24.3 Å². The smallest absolute Gasteiger partial charge is 0.161 e. The van der Waals surface area contributed by atoms with Crippen LogP contribution in [-0.2, 0) is 24.6 Å². The zero-order chi connectivity index (χ0) is 30.9. The first-order valence-electron chi connectivity index (χ1n) is 14.5. The number of hydrogen-bond acceptors (Lipinski definition) is 8. The third kappa shape index (κ3) is 7.95. The number of benzene rings is 3. The molecule has 226 valence electrons. The van der Waals surface area contributed by atoms with Gasteiger partial charge >= 0.3 is 0 Å². The number of ether oxygens (including phenoxy) is 4. The molecule has 1 aromatic heterocycles. The summed E-state index contributed by atoms with van der Waals surface area (Å²) in [6.45, 7) is 6.68. The first kappa shape index (κ1) is 31.0. The van der Waals surface area contributed by atoms with E-state index in [-0.39, 0.29) is 12.4 Å². The number of carbonyl (C=O) groups is 1. The van der Waals surface area contributed by atoms with Gasteiger partial charge in [-0.1, -0.05) is 24.3 Å². The molecule has 3 aromatic carbocycles. The van der Waals surface area contributed by atoms with Crippen LogP contribution in [0.4, 0.5) is 0 Å². The predicted molar refractivity (Wildman–Crippen MR) is 171 cm³/mol. The van der Waals surface area contributed by atoms with Crippen LogP contribution in [0, 0.1) is 18.3 Å². The van der Waals surface area contributed by atoms with Gasteiger partial charge in [-0.25, -0.2) is 0 Å². The van der Waals surface area contributed by atoms with Gasteiger partial charge in [0, 0.05) is 42.6 Å². The molecule has 5 rings (SSSR count). The maximum absolute atomic E-state index is 11.3. The fourth-order valence-electron chi connectivity index (χ4n) is 4.95. The maximum atomic E-state index is 11.3. The standard InChI is InChI=1S/C35H34BrN3O5/c1-23(40)5-4-10-38-20-29-14-31(36)34(16-33(29)43-21-26-13-25(17-37)18-39-19-26)44-22-28-6-3-7-30(24(28)2)27-8-9-32-35(15-27)42-12-11-41-32/h3,6-9,13-16,18-19,38H,4-5,10-12,20-22H2,1-2H3. The number of Topliss-reactive ketones (excluding diaryl/α,β-unsaturated/α-hetero) is 1. The lowest BCUT2D eigenvalue weighted by atomic mass is 9.96. The zero-order valence-electron chi connectivity index (χ0n) is 24.8. The molecule has 1 N–H and O–H groups in total. The normalized spacial score (nSPS) is 12.0. The molecule has 0 saturated carbocycles. The molecule has 1 aliphatic heterocycles. The third-order valence-electron chi connectivity index (χ3n) is 7.31. The highest BCUT2D eigenvalue weighted by molar-refractivity contribution is 9.10. The molecule has 0 atom stereocenters. The van der Waals surface area contributed by atoms with E-state index in [0.717, 1.165) is 55.8 Å². The number of nitriles is 1. The van der Waals surface area contributed by atoms with Crippen molar-refractivity contribution in [2.24, 2.45) is 0 Å². The molecule has 8 nitrogen and oxygen atoms in total. The van der Waals surface area contributed by atoms with Gasteiger partial charge in [0.15, 0.2) is 11.5 Å². The van der Waals surface area contributed by atoms with Crippen molar-refractivity contribution in [3.63, 3.8) is 0 Å². The third-order valence-corrected chi connectivity index (χ3v) is 7.93. The molecule has 0 fully saturated rings. The van der Waals surface area contributed by atoms with Gasteiger partial charge in [-0.15, -0.1) is 0 Å². The molecular formula is C35H34BrN3O5. The van der Waals surface area contributed by atoms with Crippen molar-refractivity contribution in [2.75, 3.05) is 19.8 Å². The molecule has 0 aliphatic carbocycles. The Labute approximate surface area is 266 Å². The Hall–Kier alpha value is -4.39. The van der Waals surface area contributed by atoms with Crippen molar-refractivity contribution < 1.29 is 23.7 Å². The van der Waals surface area contributed by atoms with Crippen molar-refractivity contribution >= 4 is 21.7 Å². The van der Waals surface area contributed by atoms with Gasteiger partial charge in [0.2, 0.25) is 0 Å². The predicted octanol–water partition coefficient (Wildman–Crippen LogP) is 7.08. The molecule has 0 amide bonds. The average molecular weight is 657 g/mol. The molecule has 2 heterocycles. The fourth-order valence-corrected chi connectivity index (χ4v) is 5.46. The van der Waals surface area contributed by atoms with Gasteiger partial charge in [-0.05, 0) is 89.3 Å². The lowest BCUT2D eigenvalue weighted by molar-refractivity contribution is -0.117. The van der Waals surface area contributed by atoms with Crippen molar-refractivity contribution in [2.45, 2.75) is 46.4 Å². The van der Waals surface area contributed by atoms with Crippen LogP contribution in [0.15, 0.2) is 71.5 Å². The average Bonchev–Trinajstić information content (AvgIpc) is 3.04. The van der Waals surface area contributed by atoms with Crippen LogP contribution in [0.5, 0.6) is 23.0 Å². The summed E-state index contributed by atoms with van der Waals surface area (Å²) in [4.78, 5) is 15.4. The highest BCUT2D eigenvalue weighted by Crippen LogP contribution is 2.37. The van der Waals surface area contributed by atoms with E-state index in [1.54, 1.807) is 19.2 Å². The number of halogens is 1. The van der Waals surface area contributed by atoms with Gasteiger partial charge in [0.25, 0.3) is 0 Å². The molecule has 9 heteroatoms. The SMILES string of the molecule is CC(=O)CCCNCc1cc(Br)c(OCc2cccc(-c3ccc4c(c3)OCCO4)c2C)cc1OCc1cncc(C#N)c1. The summed E-state index contributed by atoms with van der Waals surface area (Å²) in [5, 5.41) is 12.6. The number of nitrogens with one attached hydrogen (secondary N) is 1. The van der Waals surface area contributed by atoms with Crippen molar-refractivity contribution in [3.05, 3.63) is 99.3 Å². The quantitative estimate of drug-likeness (QED) is 0.152. The van der Waals surface area contributed by atoms with Crippen molar-refractivity contribution in [1.82, 2.24) is 10.3 Å². The van der Waals surface area contributed by atoms with E-state index in [1.807, 2.05) is 30.3 Å². The van der Waals surface area contributed by atoms with Crippen LogP contribution >= 0.6 is 15.9 Å². The minimum atomic E-state index is 0.181. The summed E-state index contributed by atoms with van der Waals surface area (Å²) in [7, 11) is 0. The number of pyridine rings is 1. The van der Waals surface area contributed by atoms with E-state index in [1.165, 1.54) is 6.20 Å². The Balaban J connectivity index is 1.33. The lowest BCUT2D eigenvalue weighted by Crippen LogP contribution is -2.16. The molecule has 0 spiro atoms. The summed E-state index contributed by atoms with van der Waals surface area (Å²) in [5.41, 5.74) is 6.54. The monoisotopic (exact) mass is 655 g/mol. The van der Waals surface area contributed by atoms with Gasteiger partial charge < -0.3 is 29.1 Å². The Kier molecular flexibility index (Phi) is 10.5. The summed E-state index contributed by atoms with van der Waals surface area (Å²) >= 11 is 3.69. The second-order valence-corrected chi connectivity index (χ2v) is 11.4. The molecule has 0 saturated heterocycles. The highest BCUT2D eigenvalue weighted by Gasteiger charge is 2.16. The first-order valence-corrected chi connectivity index (χ1v) is 15.3. The van der Waals surface area contributed by atoms with E-state index < -0.39 is 0 Å². The van der Waals surface area contributed by atoms with Gasteiger partial charge in [0.1, 0.15) is 49.8 Å². The largest absolute Gasteiger partial charge is 0.488 e. The second kappa shape index (κ2) is 14.9. The van der Waals surface area contributed by atoms with Crippen molar-refractivity contribution in [1.29, 1.82) is 5.26 Å². The number of nitrogens with zero attached hydrogens (tertiary/aromatic N) is 2. The minimum absolute atomic E-state index is 0.181. The second-order valence-electron chi connectivity index (χ2n) is 10.6. The van der Waals surface area contributed by atoms with Gasteiger partial charge in [0.05, 0.1) is 10.0 Å². The zero-order valence-corrected chi connectivity index (χ0v) is 26.4. The van der Waals surface area contributed by atoms with Gasteiger partial charge in [-0.3, -0.25) is 4.98 Å². The molecule has 4 aromatic rings. The van der Waals surface area contributed by atoms with Crippen LogP contribution in [0.1, 0.15) is 47.6 Å². The Morgan fingerprint density at radius 2 is 1.82 bits per heavy atom. The van der Waals surface area contributed by atoms with E-state index in [4.69, 9.17) is 18.9 Å². The molecule has 0 bridgehead atoms. The minimum Gasteiger partial charge on any atom is -0.488 e. The first-order chi connectivity index (χ1) is 21.4. The van der Waals surface area contributed by atoms with E-state index in [0.29, 0.717) is 56.4 Å². The number of hydrogen-bond donors (Lipinski definition) is 1. The van der Waals surface area contributed by atoms with Crippen molar-refractivity contribution in [3.8, 4) is 40.2 Å². The summed E-state index contributed by atoms with van der Waals surface area (Å²) in [5.74, 6) is 3.01. The molecular weight excluding hydrogens is 622 g/mol. The fraction of sp³-hybridized carbons (Fsp3) is 0.286. The Morgan fingerprint density at radius 1 is 1.00 bits per heavy atom. The summed E-state index contributed by atoms with van der Waals surface area (Å²) in [6, 6.07) is 20.0. The number of fused-ring (bicyclic) bond motifs is 1. The number of carbonyl (C=O) groups excluding carboxylic acids is 1. The van der Waals surface area contributed by atoms with Crippen LogP contribution in [0.3, 0.4) is 0 Å². The van der Waals surface area contributed by atoms with Gasteiger partial charge in [-0.2, -0.15) is 5.26 Å². The molecule has 44 heavy (non-hydrogen) atoms. The summed E-state index contributed by atoms with van der Waals surface area (Å²) in [6.07, 6.45) is 4.53. The molecule has 0 unspecified atom stereocenters. The van der Waals surface area contributed by atoms with E-state index in [9.17, 15) is 10.1 Å². The number of aromatic nitrogens is 1. The lowest BCUT2D eigenvalue weighted by Gasteiger charge is -2.20. The van der Waals surface area contributed by atoms with E-state index in [2.05, 4.69) is 57.4 Å². The maximum Gasteiger partial charge on any atom is 0.161 e. The highest BCUT2D eigenvalue weighted by atomic mass is 79.9. The number of ketones is 1. The molecule has 1 aliphatic rings. The van der Waals surface area contributed by atoms with E-state index >= 15 is 0 Å². The topological polar surface area (TPSA) is 103 Å². The Bertz CT molecular complexity index is 1680. The van der Waals surface area contributed by atoms with Crippen LogP contribution in [0.2, 0.25) is 0 Å². The van der Waals surface area contributed by atoms with Crippen LogP contribution in [-0.4, -0.2) is 30.5 Å². The summed E-state index contributed by atoms with van der Waals surface area (Å²) < 4.78 is 24.9. The Morgan fingerprint density at radius 3 is 2.64 bits per heavy atom. The molecule has 0 radical (unpaired) electrons.